The summed E-state index contributed by atoms with van der Waals surface area (Å²) in [5, 5.41) is 3.77. The Kier molecular flexibility index (Phi) is 5.23. The van der Waals surface area contributed by atoms with E-state index in [4.69, 9.17) is 4.42 Å². The fraction of sp³-hybridized carbons (Fsp3) is 0.357. The Morgan fingerprint density at radius 2 is 2.05 bits per heavy atom. The number of halogens is 2. The van der Waals surface area contributed by atoms with Gasteiger partial charge >= 0.3 is 0 Å². The van der Waals surface area contributed by atoms with Gasteiger partial charge in [0.25, 0.3) is 5.91 Å². The van der Waals surface area contributed by atoms with Crippen molar-refractivity contribution in [2.24, 2.45) is 0 Å². The van der Waals surface area contributed by atoms with Crippen molar-refractivity contribution in [3.05, 3.63) is 32.9 Å². The average Bonchev–Trinajstić information content (AvgIpc) is 2.78. The normalized spacial score (nSPS) is 11.2. The van der Waals surface area contributed by atoms with Gasteiger partial charge in [-0.25, -0.2) is 0 Å². The maximum Gasteiger partial charge on any atom is 0.287 e. The Morgan fingerprint density at radius 3 is 2.75 bits per heavy atom. The number of hydrogen-bond acceptors (Lipinski definition) is 2. The van der Waals surface area contributed by atoms with Crippen molar-refractivity contribution in [1.82, 2.24) is 5.32 Å². The Labute approximate surface area is 134 Å². The third-order valence-corrected chi connectivity index (χ3v) is 3.95. The van der Waals surface area contributed by atoms with Crippen LogP contribution in [0, 0.1) is 0 Å². The Bertz CT molecular complexity index is 623. The van der Waals surface area contributed by atoms with Crippen LogP contribution in [0.4, 0.5) is 0 Å². The van der Waals surface area contributed by atoms with Gasteiger partial charge in [0.2, 0.25) is 0 Å². The molecule has 0 spiro atoms. The van der Waals surface area contributed by atoms with E-state index in [0.717, 1.165) is 27.3 Å². The van der Waals surface area contributed by atoms with E-state index in [1.807, 2.05) is 12.1 Å². The predicted octanol–water partition coefficient (Wildman–Crippen LogP) is 2.22. The number of benzene rings is 1. The molecule has 108 valence electrons. The van der Waals surface area contributed by atoms with Crippen LogP contribution in [-0.2, 0) is 0 Å². The summed E-state index contributed by atoms with van der Waals surface area (Å²) in [6.07, 6.45) is 0.948. The molecule has 0 aliphatic rings. The minimum atomic E-state index is -0.169. The van der Waals surface area contributed by atoms with E-state index < -0.39 is 0 Å². The Hall–Kier alpha value is -0.850. The summed E-state index contributed by atoms with van der Waals surface area (Å²) < 4.78 is 7.38. The number of hydrogen-bond donors (Lipinski definition) is 2. The van der Waals surface area contributed by atoms with Crippen molar-refractivity contribution in [2.75, 3.05) is 27.2 Å². The summed E-state index contributed by atoms with van der Waals surface area (Å²) in [7, 11) is 4.19. The predicted molar refractivity (Wildman–Crippen MR) is 86.2 cm³/mol. The lowest BCUT2D eigenvalue weighted by atomic mass is 10.2. The molecule has 1 amide bonds. The highest BCUT2D eigenvalue weighted by atomic mass is 79.9. The van der Waals surface area contributed by atoms with Crippen LogP contribution >= 0.6 is 31.9 Å². The zero-order chi connectivity index (χ0) is 14.7. The van der Waals surface area contributed by atoms with Crippen LogP contribution in [0.1, 0.15) is 17.0 Å². The topological polar surface area (TPSA) is 46.7 Å². The van der Waals surface area contributed by atoms with E-state index in [1.54, 1.807) is 6.07 Å². The lowest BCUT2D eigenvalue weighted by molar-refractivity contribution is -0.858. The van der Waals surface area contributed by atoms with Crippen molar-refractivity contribution in [3.63, 3.8) is 0 Å². The molecule has 0 unspecified atom stereocenters. The summed E-state index contributed by atoms with van der Waals surface area (Å²) >= 11 is 6.85. The second-order valence-electron chi connectivity index (χ2n) is 4.98. The van der Waals surface area contributed by atoms with Gasteiger partial charge in [-0.3, -0.25) is 4.79 Å². The second kappa shape index (κ2) is 6.74. The molecule has 6 heteroatoms. The molecule has 2 aromatic rings. The molecule has 2 N–H and O–H groups in total. The molecular formula is C14H17Br2N2O2+. The van der Waals surface area contributed by atoms with Gasteiger partial charge in [-0.05, 0) is 34.1 Å². The van der Waals surface area contributed by atoms with E-state index in [1.165, 1.54) is 4.90 Å². The molecule has 0 saturated carbocycles. The number of nitrogens with one attached hydrogen (secondary N) is 2. The van der Waals surface area contributed by atoms with E-state index in [-0.39, 0.29) is 5.91 Å². The largest absolute Gasteiger partial charge is 0.450 e. The average molecular weight is 405 g/mol. The van der Waals surface area contributed by atoms with E-state index in [2.05, 4.69) is 51.3 Å². The van der Waals surface area contributed by atoms with Crippen molar-refractivity contribution in [3.8, 4) is 0 Å². The molecule has 0 fully saturated rings. The van der Waals surface area contributed by atoms with Crippen LogP contribution in [0.5, 0.6) is 0 Å². The number of rotatable bonds is 5. The van der Waals surface area contributed by atoms with Gasteiger partial charge in [0.05, 0.1) is 25.1 Å². The first-order valence-electron chi connectivity index (χ1n) is 6.43. The molecule has 4 nitrogen and oxygen atoms in total. The van der Waals surface area contributed by atoms with Gasteiger partial charge in [0.15, 0.2) is 5.76 Å². The minimum absolute atomic E-state index is 0.169. The third kappa shape index (κ3) is 3.84. The zero-order valence-electron chi connectivity index (χ0n) is 11.4. The highest BCUT2D eigenvalue weighted by Crippen LogP contribution is 2.30. The molecule has 0 bridgehead atoms. The lowest BCUT2D eigenvalue weighted by Gasteiger charge is -2.06. The number of carbonyl (C=O) groups excluding carboxylic acids is 1. The standard InChI is InChI=1S/C14H16Br2N2O2/c1-18(2)5-3-4-17-14(19)12-7-9-6-10(15)8-11(16)13(9)20-12/h6-8H,3-5H2,1-2H3,(H,17,19)/p+1. The molecule has 1 heterocycles. The van der Waals surface area contributed by atoms with Crippen LogP contribution in [0.25, 0.3) is 11.0 Å². The van der Waals surface area contributed by atoms with Crippen LogP contribution < -0.4 is 10.2 Å². The van der Waals surface area contributed by atoms with Crippen molar-refractivity contribution in [2.45, 2.75) is 6.42 Å². The minimum Gasteiger partial charge on any atom is -0.450 e. The molecule has 0 radical (unpaired) electrons. The van der Waals surface area contributed by atoms with Crippen molar-refractivity contribution < 1.29 is 14.1 Å². The third-order valence-electron chi connectivity index (χ3n) is 2.90. The smallest absolute Gasteiger partial charge is 0.287 e. The maximum absolute atomic E-state index is 12.0. The van der Waals surface area contributed by atoms with E-state index in [9.17, 15) is 4.79 Å². The first-order chi connectivity index (χ1) is 9.47. The SMILES string of the molecule is C[NH+](C)CCCNC(=O)c1cc2cc(Br)cc(Br)c2o1. The van der Waals surface area contributed by atoms with Gasteiger partial charge in [0, 0.05) is 22.8 Å². The summed E-state index contributed by atoms with van der Waals surface area (Å²) in [6, 6.07) is 5.58. The molecule has 0 saturated heterocycles. The molecule has 2 rings (SSSR count). The molecule has 0 aliphatic carbocycles. The number of furan rings is 1. The summed E-state index contributed by atoms with van der Waals surface area (Å²) in [5.41, 5.74) is 0.691. The van der Waals surface area contributed by atoms with Crippen molar-refractivity contribution >= 4 is 48.7 Å². The van der Waals surface area contributed by atoms with Gasteiger partial charge in [-0.1, -0.05) is 15.9 Å². The van der Waals surface area contributed by atoms with Gasteiger partial charge in [0.1, 0.15) is 5.58 Å². The lowest BCUT2D eigenvalue weighted by Crippen LogP contribution is -3.05. The highest BCUT2D eigenvalue weighted by Gasteiger charge is 2.14. The first kappa shape index (κ1) is 15.5. The highest BCUT2D eigenvalue weighted by molar-refractivity contribution is 9.11. The molecule has 0 atom stereocenters. The fourth-order valence-corrected chi connectivity index (χ4v) is 3.26. The molecule has 0 aliphatic heterocycles. The van der Waals surface area contributed by atoms with Crippen LogP contribution in [0.3, 0.4) is 0 Å². The van der Waals surface area contributed by atoms with E-state index in [0.29, 0.717) is 17.9 Å². The molecule has 1 aromatic heterocycles. The number of amides is 1. The van der Waals surface area contributed by atoms with Crippen LogP contribution in [-0.4, -0.2) is 33.1 Å². The molecule has 1 aromatic carbocycles. The molecular weight excluding hydrogens is 388 g/mol. The summed E-state index contributed by atoms with van der Waals surface area (Å²) in [6.45, 7) is 1.69. The fourth-order valence-electron chi connectivity index (χ4n) is 1.92. The number of fused-ring (bicyclic) bond motifs is 1. The monoisotopic (exact) mass is 403 g/mol. The Morgan fingerprint density at radius 1 is 1.30 bits per heavy atom. The first-order valence-corrected chi connectivity index (χ1v) is 8.02. The second-order valence-corrected chi connectivity index (χ2v) is 6.75. The number of carbonyl (C=O) groups is 1. The van der Waals surface area contributed by atoms with Crippen molar-refractivity contribution in [1.29, 1.82) is 0 Å². The number of quaternary nitrogens is 1. The van der Waals surface area contributed by atoms with Gasteiger partial charge in [-0.15, -0.1) is 0 Å². The Balaban J connectivity index is 2.05. The molecule has 20 heavy (non-hydrogen) atoms. The van der Waals surface area contributed by atoms with Crippen LogP contribution in [0.15, 0.2) is 31.6 Å². The quantitative estimate of drug-likeness (QED) is 0.750. The maximum atomic E-state index is 12.0. The van der Waals surface area contributed by atoms with E-state index >= 15 is 0 Å². The zero-order valence-corrected chi connectivity index (χ0v) is 14.6. The summed E-state index contributed by atoms with van der Waals surface area (Å²) in [4.78, 5) is 13.4. The van der Waals surface area contributed by atoms with Crippen LogP contribution in [0.2, 0.25) is 0 Å². The van der Waals surface area contributed by atoms with Gasteiger partial charge < -0.3 is 14.6 Å². The van der Waals surface area contributed by atoms with Gasteiger partial charge in [-0.2, -0.15) is 0 Å². The summed E-state index contributed by atoms with van der Waals surface area (Å²) in [5.74, 6) is 0.175.